The van der Waals surface area contributed by atoms with Crippen molar-refractivity contribution in [3.8, 4) is 11.3 Å². The number of hydrogen-bond donors (Lipinski definition) is 0. The predicted molar refractivity (Wildman–Crippen MR) is 87.5 cm³/mol. The van der Waals surface area contributed by atoms with Crippen molar-refractivity contribution in [3.05, 3.63) is 60.1 Å². The fraction of sp³-hybridized carbons (Fsp3) is 0.333. The maximum absolute atomic E-state index is 13.9. The molecule has 1 fully saturated rings. The molecule has 1 aromatic carbocycles. The van der Waals surface area contributed by atoms with Gasteiger partial charge in [0.05, 0.1) is 18.3 Å². The number of halogens is 2. The van der Waals surface area contributed by atoms with E-state index in [1.54, 1.807) is 12.3 Å². The van der Waals surface area contributed by atoms with Crippen LogP contribution in [-0.2, 0) is 13.1 Å². The van der Waals surface area contributed by atoms with Crippen LogP contribution in [0.3, 0.4) is 0 Å². The first-order chi connectivity index (χ1) is 12.2. The second-order valence-corrected chi connectivity index (χ2v) is 6.38. The van der Waals surface area contributed by atoms with Gasteiger partial charge in [0.25, 0.3) is 0 Å². The topological polar surface area (TPSA) is 47.1 Å². The minimum atomic E-state index is -0.877. The van der Waals surface area contributed by atoms with Crippen molar-refractivity contribution in [3.63, 3.8) is 0 Å². The first-order valence-electron chi connectivity index (χ1n) is 8.28. The Hall–Kier alpha value is -2.54. The number of likely N-dealkylation sites (tertiary alicyclic amines) is 1. The third-order valence-electron chi connectivity index (χ3n) is 4.55. The summed E-state index contributed by atoms with van der Waals surface area (Å²) < 4.78 is 34.8. The highest BCUT2D eigenvalue weighted by molar-refractivity contribution is 5.58. The van der Waals surface area contributed by atoms with Crippen molar-refractivity contribution in [2.24, 2.45) is 5.92 Å². The summed E-state index contributed by atoms with van der Waals surface area (Å²) in [5.74, 6) is -0.120. The van der Waals surface area contributed by atoms with Crippen LogP contribution in [0.4, 0.5) is 8.78 Å². The Morgan fingerprint density at radius 3 is 2.96 bits per heavy atom. The molecule has 1 saturated heterocycles. The van der Waals surface area contributed by atoms with Crippen LogP contribution in [0.25, 0.3) is 11.3 Å². The van der Waals surface area contributed by atoms with Gasteiger partial charge < -0.3 is 4.42 Å². The lowest BCUT2D eigenvalue weighted by Crippen LogP contribution is -2.21. The fourth-order valence-corrected chi connectivity index (χ4v) is 3.32. The van der Waals surface area contributed by atoms with Gasteiger partial charge in [-0.3, -0.25) is 9.58 Å². The van der Waals surface area contributed by atoms with Gasteiger partial charge in [0.2, 0.25) is 0 Å². The number of benzene rings is 1. The molecule has 1 unspecified atom stereocenters. The molecule has 0 spiro atoms. The van der Waals surface area contributed by atoms with Crippen molar-refractivity contribution >= 4 is 0 Å². The molecule has 7 heteroatoms. The van der Waals surface area contributed by atoms with E-state index in [4.69, 9.17) is 4.42 Å². The predicted octanol–water partition coefficient (Wildman–Crippen LogP) is 3.34. The van der Waals surface area contributed by atoms with Crippen LogP contribution in [-0.4, -0.2) is 33.0 Å². The van der Waals surface area contributed by atoms with Crippen molar-refractivity contribution in [2.75, 3.05) is 13.1 Å². The number of hydrogen-bond acceptors (Lipinski definition) is 4. The van der Waals surface area contributed by atoms with Crippen molar-refractivity contribution in [1.82, 2.24) is 19.9 Å². The average Bonchev–Trinajstić information content (AvgIpc) is 3.34. The summed E-state index contributed by atoms with van der Waals surface area (Å²) in [6.07, 6.45) is 4.64. The lowest BCUT2D eigenvalue weighted by molar-refractivity contribution is 0.280. The zero-order valence-electron chi connectivity index (χ0n) is 13.6. The summed E-state index contributed by atoms with van der Waals surface area (Å²) in [4.78, 5) is 2.30. The number of nitrogens with zero attached hydrogens (tertiary/aromatic N) is 4. The molecular weight excluding hydrogens is 326 g/mol. The van der Waals surface area contributed by atoms with E-state index in [0.29, 0.717) is 18.2 Å². The molecular formula is C18H18F2N4O. The molecule has 5 nitrogen and oxygen atoms in total. The van der Waals surface area contributed by atoms with Gasteiger partial charge >= 0.3 is 0 Å². The van der Waals surface area contributed by atoms with Gasteiger partial charge in [-0.1, -0.05) is 11.3 Å². The molecule has 130 valence electrons. The Morgan fingerprint density at radius 1 is 1.20 bits per heavy atom. The van der Waals surface area contributed by atoms with Gasteiger partial charge in [-0.15, -0.1) is 5.10 Å². The van der Waals surface area contributed by atoms with E-state index in [2.05, 4.69) is 15.2 Å². The maximum atomic E-state index is 13.9. The lowest BCUT2D eigenvalue weighted by atomic mass is 10.1. The molecule has 0 aliphatic carbocycles. The molecule has 3 heterocycles. The molecule has 3 aromatic rings. The monoisotopic (exact) mass is 344 g/mol. The highest BCUT2D eigenvalue weighted by Crippen LogP contribution is 2.28. The van der Waals surface area contributed by atoms with Crippen molar-refractivity contribution in [2.45, 2.75) is 19.5 Å². The average molecular weight is 344 g/mol. The molecule has 1 aliphatic heterocycles. The van der Waals surface area contributed by atoms with E-state index in [0.717, 1.165) is 37.9 Å². The lowest BCUT2D eigenvalue weighted by Gasteiger charge is -2.14. The van der Waals surface area contributed by atoms with E-state index < -0.39 is 11.6 Å². The quantitative estimate of drug-likeness (QED) is 0.712. The van der Waals surface area contributed by atoms with Crippen LogP contribution < -0.4 is 0 Å². The smallest absolute Gasteiger partial charge is 0.169 e. The molecule has 0 bridgehead atoms. The Kier molecular flexibility index (Phi) is 4.31. The van der Waals surface area contributed by atoms with E-state index >= 15 is 0 Å². The summed E-state index contributed by atoms with van der Waals surface area (Å²) in [7, 11) is 0. The number of furan rings is 1. The van der Waals surface area contributed by atoms with Crippen LogP contribution >= 0.6 is 0 Å². The van der Waals surface area contributed by atoms with Gasteiger partial charge in [-0.2, -0.15) is 0 Å². The SMILES string of the molecule is Fc1cccc(-c2ccc(CN3CCC(Cn4ccnn4)C3)o2)c1F. The molecule has 0 saturated carbocycles. The molecule has 25 heavy (non-hydrogen) atoms. The minimum Gasteiger partial charge on any atom is -0.460 e. The van der Waals surface area contributed by atoms with E-state index in [9.17, 15) is 8.78 Å². The van der Waals surface area contributed by atoms with Crippen LogP contribution in [0.1, 0.15) is 12.2 Å². The summed E-state index contributed by atoms with van der Waals surface area (Å²) >= 11 is 0. The third kappa shape index (κ3) is 3.46. The van der Waals surface area contributed by atoms with Gasteiger partial charge in [-0.25, -0.2) is 8.78 Å². The van der Waals surface area contributed by atoms with Gasteiger partial charge in [0.15, 0.2) is 11.6 Å². The summed E-state index contributed by atoms with van der Waals surface area (Å²) in [5, 5.41) is 7.83. The molecule has 0 N–H and O–H groups in total. The largest absolute Gasteiger partial charge is 0.460 e. The third-order valence-corrected chi connectivity index (χ3v) is 4.55. The summed E-state index contributed by atoms with van der Waals surface area (Å²) in [6.45, 7) is 3.44. The fourth-order valence-electron chi connectivity index (χ4n) is 3.32. The standard InChI is InChI=1S/C18H18F2N4O/c19-16-3-1-2-15(18(16)20)17-5-4-14(25-17)12-23-8-6-13(10-23)11-24-9-7-21-22-24/h1-5,7,9,13H,6,8,10-12H2. The number of aromatic nitrogens is 3. The van der Waals surface area contributed by atoms with Crippen LogP contribution in [0.15, 0.2) is 47.1 Å². The van der Waals surface area contributed by atoms with Crippen LogP contribution in [0.5, 0.6) is 0 Å². The second kappa shape index (κ2) is 6.76. The van der Waals surface area contributed by atoms with Crippen LogP contribution in [0, 0.1) is 17.6 Å². The Labute approximate surface area is 143 Å². The van der Waals surface area contributed by atoms with E-state index in [1.165, 1.54) is 12.1 Å². The molecule has 0 amide bonds. The van der Waals surface area contributed by atoms with Crippen LogP contribution in [0.2, 0.25) is 0 Å². The minimum absolute atomic E-state index is 0.150. The maximum Gasteiger partial charge on any atom is 0.169 e. The summed E-state index contributed by atoms with van der Waals surface area (Å²) in [6, 6.07) is 7.61. The van der Waals surface area contributed by atoms with Gasteiger partial charge in [-0.05, 0) is 43.1 Å². The first kappa shape index (κ1) is 16.0. The molecule has 1 atom stereocenters. The van der Waals surface area contributed by atoms with E-state index in [1.807, 2.05) is 16.9 Å². The Bertz CT molecular complexity index is 847. The highest BCUT2D eigenvalue weighted by atomic mass is 19.2. The zero-order valence-corrected chi connectivity index (χ0v) is 13.6. The normalized spacial score (nSPS) is 18.1. The van der Waals surface area contributed by atoms with Crippen molar-refractivity contribution in [1.29, 1.82) is 0 Å². The second-order valence-electron chi connectivity index (χ2n) is 6.38. The molecule has 2 aromatic heterocycles. The van der Waals surface area contributed by atoms with Crippen molar-refractivity contribution < 1.29 is 13.2 Å². The first-order valence-corrected chi connectivity index (χ1v) is 8.28. The molecule has 0 radical (unpaired) electrons. The van der Waals surface area contributed by atoms with Gasteiger partial charge in [0, 0.05) is 19.3 Å². The molecule has 4 rings (SSSR count). The number of rotatable bonds is 5. The highest BCUT2D eigenvalue weighted by Gasteiger charge is 2.24. The van der Waals surface area contributed by atoms with Gasteiger partial charge in [0.1, 0.15) is 11.5 Å². The zero-order chi connectivity index (χ0) is 17.2. The Balaban J connectivity index is 1.39. The van der Waals surface area contributed by atoms with E-state index in [-0.39, 0.29) is 5.56 Å². The molecule has 1 aliphatic rings. The Morgan fingerprint density at radius 2 is 2.12 bits per heavy atom. The summed E-state index contributed by atoms with van der Waals surface area (Å²) in [5.41, 5.74) is 0.150.